The average molecular weight is 491 g/mol. The van der Waals surface area contributed by atoms with Crippen LogP contribution in [0.1, 0.15) is 22.3 Å². The molecule has 0 aliphatic carbocycles. The van der Waals surface area contributed by atoms with Crippen molar-refractivity contribution in [3.63, 3.8) is 0 Å². The summed E-state index contributed by atoms with van der Waals surface area (Å²) in [5.41, 5.74) is 3.68. The van der Waals surface area contributed by atoms with Gasteiger partial charge in [-0.3, -0.25) is 4.72 Å². The molecule has 0 aromatic heterocycles. The predicted octanol–water partition coefficient (Wildman–Crippen LogP) is 4.50. The van der Waals surface area contributed by atoms with Crippen LogP contribution in [0.3, 0.4) is 0 Å². The Labute approximate surface area is 193 Å². The second kappa shape index (κ2) is 8.51. The number of nitrogens with one attached hydrogen (secondary N) is 1. The summed E-state index contributed by atoms with van der Waals surface area (Å²) in [4.78, 5) is 0.402. The van der Waals surface area contributed by atoms with E-state index in [1.165, 1.54) is 16.4 Å². The molecule has 3 aromatic carbocycles. The van der Waals surface area contributed by atoms with Gasteiger partial charge in [0.2, 0.25) is 10.0 Å². The molecule has 6 nitrogen and oxygen atoms in total. The Balaban J connectivity index is 1.60. The molecule has 9 heteroatoms. The minimum atomic E-state index is -3.78. The SMILES string of the molecule is Cc1ccc(C)c(S(=O)(=O)Nc2ccc3c(c2)CN(S(=O)(=O)c2ccc(Cl)cc2)CC3)c1. The van der Waals surface area contributed by atoms with Crippen molar-refractivity contribution in [3.8, 4) is 0 Å². The van der Waals surface area contributed by atoms with Gasteiger partial charge in [-0.15, -0.1) is 0 Å². The Morgan fingerprint density at radius 1 is 0.875 bits per heavy atom. The van der Waals surface area contributed by atoms with Crippen molar-refractivity contribution in [2.45, 2.75) is 36.6 Å². The molecule has 0 amide bonds. The highest BCUT2D eigenvalue weighted by Crippen LogP contribution is 2.29. The van der Waals surface area contributed by atoms with Gasteiger partial charge in [-0.2, -0.15) is 4.31 Å². The Morgan fingerprint density at radius 2 is 1.59 bits per heavy atom. The highest BCUT2D eigenvalue weighted by Gasteiger charge is 2.29. The first-order valence-corrected chi connectivity index (χ1v) is 13.3. The normalized spacial score (nSPS) is 14.7. The zero-order chi connectivity index (χ0) is 23.1. The van der Waals surface area contributed by atoms with Crippen molar-refractivity contribution in [2.24, 2.45) is 0 Å². The second-order valence-corrected chi connectivity index (χ2v) is 11.9. The standard InChI is InChI=1S/C23H23ClN2O4S2/c1-16-3-4-17(2)23(13-16)31(27,28)25-21-8-5-18-11-12-26(15-19(18)14-21)32(29,30)22-9-6-20(24)7-10-22/h3-10,13-14,25H,11-12,15H2,1-2H3. The highest BCUT2D eigenvalue weighted by molar-refractivity contribution is 7.92. The molecular formula is C23H23ClN2O4S2. The van der Waals surface area contributed by atoms with Crippen LogP contribution < -0.4 is 4.72 Å². The molecule has 3 aromatic rings. The number of hydrogen-bond acceptors (Lipinski definition) is 4. The van der Waals surface area contributed by atoms with Crippen LogP contribution in [0.2, 0.25) is 5.02 Å². The molecule has 32 heavy (non-hydrogen) atoms. The molecule has 0 atom stereocenters. The van der Waals surface area contributed by atoms with Gasteiger partial charge in [0.05, 0.1) is 9.79 Å². The Kier molecular flexibility index (Phi) is 6.06. The van der Waals surface area contributed by atoms with Gasteiger partial charge in [0.1, 0.15) is 0 Å². The minimum Gasteiger partial charge on any atom is -0.280 e. The molecule has 168 valence electrons. The van der Waals surface area contributed by atoms with Crippen molar-refractivity contribution in [1.29, 1.82) is 0 Å². The van der Waals surface area contributed by atoms with Crippen LogP contribution in [-0.2, 0) is 33.0 Å². The summed E-state index contributed by atoms with van der Waals surface area (Å²) in [6, 6.07) is 16.6. The predicted molar refractivity (Wildman–Crippen MR) is 126 cm³/mol. The van der Waals surface area contributed by atoms with E-state index in [0.29, 0.717) is 29.2 Å². The van der Waals surface area contributed by atoms with E-state index in [2.05, 4.69) is 4.72 Å². The van der Waals surface area contributed by atoms with Crippen molar-refractivity contribution in [2.75, 3.05) is 11.3 Å². The van der Waals surface area contributed by atoms with E-state index in [1.54, 1.807) is 43.3 Å². The lowest BCUT2D eigenvalue weighted by Gasteiger charge is -2.28. The Bertz CT molecular complexity index is 1390. The first-order valence-electron chi connectivity index (χ1n) is 10.0. The van der Waals surface area contributed by atoms with Crippen LogP contribution in [0, 0.1) is 13.8 Å². The minimum absolute atomic E-state index is 0.166. The van der Waals surface area contributed by atoms with Crippen LogP contribution in [0.15, 0.2) is 70.5 Å². The van der Waals surface area contributed by atoms with E-state index in [4.69, 9.17) is 11.6 Å². The quantitative estimate of drug-likeness (QED) is 0.570. The lowest BCUT2D eigenvalue weighted by atomic mass is 10.0. The van der Waals surface area contributed by atoms with Gasteiger partial charge in [-0.25, -0.2) is 16.8 Å². The number of fused-ring (bicyclic) bond motifs is 1. The highest BCUT2D eigenvalue weighted by atomic mass is 35.5. The number of sulfonamides is 2. The van der Waals surface area contributed by atoms with Gasteiger partial charge in [-0.05, 0) is 85.0 Å². The van der Waals surface area contributed by atoms with Gasteiger partial charge < -0.3 is 0 Å². The Morgan fingerprint density at radius 3 is 2.31 bits per heavy atom. The van der Waals surface area contributed by atoms with Gasteiger partial charge >= 0.3 is 0 Å². The number of anilines is 1. The molecule has 1 aliphatic heterocycles. The number of benzene rings is 3. The molecule has 0 fully saturated rings. The molecule has 0 saturated carbocycles. The molecule has 0 saturated heterocycles. The van der Waals surface area contributed by atoms with E-state index < -0.39 is 20.0 Å². The monoisotopic (exact) mass is 490 g/mol. The van der Waals surface area contributed by atoms with Crippen LogP contribution in [0.5, 0.6) is 0 Å². The zero-order valence-corrected chi connectivity index (χ0v) is 20.1. The lowest BCUT2D eigenvalue weighted by molar-refractivity contribution is 0.391. The maximum absolute atomic E-state index is 13.0. The van der Waals surface area contributed by atoms with E-state index in [9.17, 15) is 16.8 Å². The largest absolute Gasteiger partial charge is 0.280 e. The van der Waals surface area contributed by atoms with Crippen LogP contribution in [0.25, 0.3) is 0 Å². The molecule has 1 aliphatic rings. The molecular weight excluding hydrogens is 468 g/mol. The number of halogens is 1. The van der Waals surface area contributed by atoms with Gasteiger partial charge in [0.15, 0.2) is 0 Å². The van der Waals surface area contributed by atoms with Gasteiger partial charge in [0, 0.05) is 23.8 Å². The van der Waals surface area contributed by atoms with Gasteiger partial charge in [0.25, 0.3) is 10.0 Å². The summed E-state index contributed by atoms with van der Waals surface area (Å²) < 4.78 is 56.0. The molecule has 4 rings (SSSR count). The zero-order valence-electron chi connectivity index (χ0n) is 17.7. The number of rotatable bonds is 5. The van der Waals surface area contributed by atoms with E-state index in [-0.39, 0.29) is 16.3 Å². The molecule has 0 radical (unpaired) electrons. The molecule has 0 bridgehead atoms. The van der Waals surface area contributed by atoms with Crippen LogP contribution in [0.4, 0.5) is 5.69 Å². The number of aryl methyl sites for hydroxylation is 2. The van der Waals surface area contributed by atoms with Crippen molar-refractivity contribution < 1.29 is 16.8 Å². The van der Waals surface area contributed by atoms with Crippen molar-refractivity contribution in [1.82, 2.24) is 4.31 Å². The van der Waals surface area contributed by atoms with Crippen molar-refractivity contribution >= 4 is 37.3 Å². The summed E-state index contributed by atoms with van der Waals surface area (Å²) in [5.74, 6) is 0. The van der Waals surface area contributed by atoms with E-state index in [0.717, 1.165) is 16.7 Å². The average Bonchev–Trinajstić information content (AvgIpc) is 2.75. The van der Waals surface area contributed by atoms with Crippen molar-refractivity contribution in [3.05, 3.63) is 87.9 Å². The van der Waals surface area contributed by atoms with Crippen LogP contribution >= 0.6 is 11.6 Å². The third-order valence-corrected chi connectivity index (χ3v) is 9.15. The summed E-state index contributed by atoms with van der Waals surface area (Å²) >= 11 is 5.88. The lowest BCUT2D eigenvalue weighted by Crippen LogP contribution is -2.36. The van der Waals surface area contributed by atoms with E-state index in [1.807, 2.05) is 19.1 Å². The second-order valence-electron chi connectivity index (χ2n) is 7.90. The smallest absolute Gasteiger partial charge is 0.262 e. The maximum Gasteiger partial charge on any atom is 0.262 e. The molecule has 0 spiro atoms. The third-order valence-electron chi connectivity index (χ3n) is 5.52. The molecule has 0 unspecified atom stereocenters. The summed E-state index contributed by atoms with van der Waals surface area (Å²) in [5, 5.41) is 0.466. The first kappa shape index (κ1) is 22.8. The Hall–Kier alpha value is -2.39. The van der Waals surface area contributed by atoms with Gasteiger partial charge in [-0.1, -0.05) is 29.8 Å². The fourth-order valence-electron chi connectivity index (χ4n) is 3.76. The van der Waals surface area contributed by atoms with Crippen LogP contribution in [-0.4, -0.2) is 27.7 Å². The fourth-order valence-corrected chi connectivity index (χ4v) is 6.69. The summed E-state index contributed by atoms with van der Waals surface area (Å²) in [6.07, 6.45) is 0.548. The summed E-state index contributed by atoms with van der Waals surface area (Å²) in [6.45, 7) is 4.11. The number of nitrogens with zero attached hydrogens (tertiary/aromatic N) is 1. The van der Waals surface area contributed by atoms with E-state index >= 15 is 0 Å². The topological polar surface area (TPSA) is 83.6 Å². The molecule has 1 heterocycles. The number of hydrogen-bond donors (Lipinski definition) is 1. The molecule has 1 N–H and O–H groups in total. The summed E-state index contributed by atoms with van der Waals surface area (Å²) in [7, 11) is -7.46. The maximum atomic E-state index is 13.0. The third kappa shape index (κ3) is 4.54. The fraction of sp³-hybridized carbons (Fsp3) is 0.217. The first-order chi connectivity index (χ1) is 15.1.